The molecule has 0 aliphatic heterocycles. The van der Waals surface area contributed by atoms with Crippen molar-refractivity contribution in [1.29, 1.82) is 0 Å². The Balaban J connectivity index is 2.15. The van der Waals surface area contributed by atoms with Gasteiger partial charge in [0, 0.05) is 5.75 Å². The molecular weight excluding hydrogens is 212 g/mol. The maximum absolute atomic E-state index is 5.63. The van der Waals surface area contributed by atoms with Gasteiger partial charge < -0.3 is 0 Å². The van der Waals surface area contributed by atoms with Crippen molar-refractivity contribution < 1.29 is 0 Å². The lowest BCUT2D eigenvalue weighted by molar-refractivity contribution is 0.777. The van der Waals surface area contributed by atoms with E-state index in [0.29, 0.717) is 4.47 Å². The van der Waals surface area contributed by atoms with E-state index < -0.39 is 0 Å². The number of unbranched alkanes of at least 4 members (excludes halogenated alkanes) is 2. The fraction of sp³-hybridized carbons (Fsp3) is 0.714. The number of aromatic nitrogens is 2. The van der Waals surface area contributed by atoms with Crippen molar-refractivity contribution in [2.45, 2.75) is 31.3 Å². The van der Waals surface area contributed by atoms with Crippen molar-refractivity contribution in [1.82, 2.24) is 9.36 Å². The smallest absolute Gasteiger partial charge is 0.198 e. The molecule has 0 fully saturated rings. The minimum atomic E-state index is 0.535. The molecule has 0 unspecified atom stereocenters. The first-order chi connectivity index (χ1) is 5.83. The molecule has 1 heterocycles. The quantitative estimate of drug-likeness (QED) is 0.564. The second kappa shape index (κ2) is 5.78. The summed E-state index contributed by atoms with van der Waals surface area (Å²) in [4.78, 5) is 4.04. The van der Waals surface area contributed by atoms with Gasteiger partial charge in [-0.15, -0.1) is 0 Å². The van der Waals surface area contributed by atoms with Crippen LogP contribution in [0.5, 0.6) is 0 Å². The van der Waals surface area contributed by atoms with Gasteiger partial charge in [-0.2, -0.15) is 9.36 Å². The Hall–Kier alpha value is 0.200. The maximum atomic E-state index is 5.63. The lowest BCUT2D eigenvalue weighted by Crippen LogP contribution is -1.81. The van der Waals surface area contributed by atoms with Crippen LogP contribution in [0.4, 0.5) is 0 Å². The molecule has 12 heavy (non-hydrogen) atoms. The first-order valence-corrected chi connectivity index (χ1v) is 6.08. The summed E-state index contributed by atoms with van der Waals surface area (Å²) in [5.74, 6) is 1.10. The number of hydrogen-bond donors (Lipinski definition) is 0. The number of rotatable bonds is 5. The molecule has 1 rings (SSSR count). The molecule has 1 aromatic heterocycles. The molecule has 68 valence electrons. The van der Waals surface area contributed by atoms with Crippen LogP contribution in [0.15, 0.2) is 5.16 Å². The third-order valence-corrected chi connectivity index (χ3v) is 3.21. The summed E-state index contributed by atoms with van der Waals surface area (Å²) in [6.45, 7) is 2.20. The van der Waals surface area contributed by atoms with E-state index >= 15 is 0 Å². The molecule has 0 saturated heterocycles. The van der Waals surface area contributed by atoms with Crippen molar-refractivity contribution in [2.75, 3.05) is 5.75 Å². The first-order valence-electron chi connectivity index (χ1n) is 3.95. The van der Waals surface area contributed by atoms with Crippen LogP contribution >= 0.6 is 34.9 Å². The topological polar surface area (TPSA) is 25.8 Å². The standard InChI is InChI=1S/C7H11ClN2S2/c1-2-3-4-5-11-7-9-6(8)12-10-7/h2-5H2,1H3. The Morgan fingerprint density at radius 2 is 2.33 bits per heavy atom. The summed E-state index contributed by atoms with van der Waals surface area (Å²) in [7, 11) is 0. The molecule has 0 aromatic carbocycles. The van der Waals surface area contributed by atoms with Gasteiger partial charge in [-0.25, -0.2) is 0 Å². The molecule has 1 aromatic rings. The minimum absolute atomic E-state index is 0.535. The number of hydrogen-bond acceptors (Lipinski definition) is 4. The third kappa shape index (κ3) is 3.74. The third-order valence-electron chi connectivity index (χ3n) is 1.36. The molecule has 0 aliphatic rings. The maximum Gasteiger partial charge on any atom is 0.204 e. The molecule has 0 N–H and O–H groups in total. The monoisotopic (exact) mass is 222 g/mol. The van der Waals surface area contributed by atoms with Gasteiger partial charge in [-0.3, -0.25) is 0 Å². The Morgan fingerprint density at radius 1 is 1.50 bits per heavy atom. The van der Waals surface area contributed by atoms with Gasteiger partial charge in [0.2, 0.25) is 9.62 Å². The van der Waals surface area contributed by atoms with E-state index in [1.165, 1.54) is 30.8 Å². The van der Waals surface area contributed by atoms with Crippen molar-refractivity contribution in [2.24, 2.45) is 0 Å². The van der Waals surface area contributed by atoms with Crippen LogP contribution in [0.3, 0.4) is 0 Å². The highest BCUT2D eigenvalue weighted by molar-refractivity contribution is 7.99. The zero-order valence-corrected chi connectivity index (χ0v) is 9.31. The summed E-state index contributed by atoms with van der Waals surface area (Å²) < 4.78 is 4.61. The van der Waals surface area contributed by atoms with Gasteiger partial charge in [-0.1, -0.05) is 31.5 Å². The summed E-state index contributed by atoms with van der Waals surface area (Å²) in [6, 6.07) is 0. The van der Waals surface area contributed by atoms with E-state index in [2.05, 4.69) is 16.3 Å². The van der Waals surface area contributed by atoms with Crippen LogP contribution in [0.25, 0.3) is 0 Å². The number of thioether (sulfide) groups is 1. The van der Waals surface area contributed by atoms with Gasteiger partial charge in [0.15, 0.2) is 0 Å². The van der Waals surface area contributed by atoms with Crippen molar-refractivity contribution in [3.63, 3.8) is 0 Å². The summed E-state index contributed by atoms with van der Waals surface area (Å²) in [6.07, 6.45) is 3.77. The molecule has 2 nitrogen and oxygen atoms in total. The SMILES string of the molecule is CCCCCSc1nsc(Cl)n1. The van der Waals surface area contributed by atoms with Crippen LogP contribution in [0, 0.1) is 0 Å². The van der Waals surface area contributed by atoms with Gasteiger partial charge in [0.25, 0.3) is 0 Å². The number of halogens is 1. The second-order valence-corrected chi connectivity index (χ2v) is 4.78. The van der Waals surface area contributed by atoms with Crippen LogP contribution < -0.4 is 0 Å². The van der Waals surface area contributed by atoms with Gasteiger partial charge in [0.05, 0.1) is 0 Å². The summed E-state index contributed by atoms with van der Waals surface area (Å²) in [5.41, 5.74) is 0. The Kier molecular flexibility index (Phi) is 4.95. The van der Waals surface area contributed by atoms with E-state index in [0.717, 1.165) is 10.9 Å². The van der Waals surface area contributed by atoms with Gasteiger partial charge >= 0.3 is 0 Å². The van der Waals surface area contributed by atoms with E-state index in [1.54, 1.807) is 11.8 Å². The van der Waals surface area contributed by atoms with Crippen LogP contribution in [-0.4, -0.2) is 15.1 Å². The fourth-order valence-electron chi connectivity index (χ4n) is 0.767. The lowest BCUT2D eigenvalue weighted by atomic mass is 10.3. The first kappa shape index (κ1) is 10.3. The molecule has 0 atom stereocenters. The van der Waals surface area contributed by atoms with Crippen LogP contribution in [0.2, 0.25) is 4.47 Å². The summed E-state index contributed by atoms with van der Waals surface area (Å²) >= 11 is 8.57. The highest BCUT2D eigenvalue weighted by Gasteiger charge is 2.00. The lowest BCUT2D eigenvalue weighted by Gasteiger charge is -1.94. The van der Waals surface area contributed by atoms with E-state index in [1.807, 2.05) is 0 Å². The van der Waals surface area contributed by atoms with E-state index in [4.69, 9.17) is 11.6 Å². The average molecular weight is 223 g/mol. The Morgan fingerprint density at radius 3 is 2.92 bits per heavy atom. The predicted molar refractivity (Wildman–Crippen MR) is 55.2 cm³/mol. The van der Waals surface area contributed by atoms with E-state index in [9.17, 15) is 0 Å². The van der Waals surface area contributed by atoms with Crippen LogP contribution in [-0.2, 0) is 0 Å². The van der Waals surface area contributed by atoms with E-state index in [-0.39, 0.29) is 0 Å². The van der Waals surface area contributed by atoms with Crippen molar-refractivity contribution >= 4 is 34.9 Å². The minimum Gasteiger partial charge on any atom is -0.198 e. The normalized spacial score (nSPS) is 10.5. The molecule has 5 heteroatoms. The summed E-state index contributed by atoms with van der Waals surface area (Å²) in [5, 5.41) is 0.820. The molecule has 0 aliphatic carbocycles. The highest BCUT2D eigenvalue weighted by Crippen LogP contribution is 2.20. The Labute approximate surface area is 85.9 Å². The highest BCUT2D eigenvalue weighted by atomic mass is 35.5. The molecule has 0 saturated carbocycles. The average Bonchev–Trinajstić information content (AvgIpc) is 2.45. The van der Waals surface area contributed by atoms with Crippen molar-refractivity contribution in [3.8, 4) is 0 Å². The largest absolute Gasteiger partial charge is 0.204 e. The second-order valence-electron chi connectivity index (χ2n) is 2.39. The zero-order chi connectivity index (χ0) is 8.81. The Bertz CT molecular complexity index is 227. The molecule has 0 bridgehead atoms. The molecule has 0 radical (unpaired) electrons. The molecule has 0 amide bonds. The fourth-order valence-corrected chi connectivity index (χ4v) is 2.39. The van der Waals surface area contributed by atoms with Crippen molar-refractivity contribution in [3.05, 3.63) is 4.47 Å². The molecular formula is C7H11ClN2S2. The molecule has 0 spiro atoms. The predicted octanol–water partition coefficient (Wildman–Crippen LogP) is 3.47. The van der Waals surface area contributed by atoms with Crippen LogP contribution in [0.1, 0.15) is 26.2 Å². The zero-order valence-electron chi connectivity index (χ0n) is 6.92. The number of nitrogens with zero attached hydrogens (tertiary/aromatic N) is 2. The van der Waals surface area contributed by atoms with Gasteiger partial charge in [-0.05, 0) is 29.6 Å². The van der Waals surface area contributed by atoms with Gasteiger partial charge in [0.1, 0.15) is 0 Å².